The monoisotopic (exact) mass is 297 g/mol. The number of aliphatic carboxylic acids is 1. The fraction of sp³-hybridized carbons (Fsp3) is 0.333. The number of hydrogen-bond donors (Lipinski definition) is 1. The largest absolute Gasteiger partial charge is 0.481 e. The van der Waals surface area contributed by atoms with Gasteiger partial charge in [-0.3, -0.25) is 4.79 Å². The van der Waals surface area contributed by atoms with Gasteiger partial charge in [0.25, 0.3) is 6.43 Å². The van der Waals surface area contributed by atoms with Crippen LogP contribution in [0.1, 0.15) is 23.2 Å². The molecule has 1 aromatic rings. The smallest absolute Gasteiger partial charge is 0.307 e. The number of rotatable bonds is 4. The lowest BCUT2D eigenvalue weighted by Gasteiger charge is -2.08. The maximum Gasteiger partial charge on any atom is 0.307 e. The molecule has 7 heteroatoms. The number of hydrogen-bond acceptors (Lipinski definition) is 2. The van der Waals surface area contributed by atoms with Crippen molar-refractivity contribution in [2.45, 2.75) is 18.2 Å². The maximum atomic E-state index is 13.1. The van der Waals surface area contributed by atoms with Gasteiger partial charge in [0.15, 0.2) is 0 Å². The molecule has 0 saturated carbocycles. The number of halogens is 4. The third-order valence-electron chi connectivity index (χ3n) is 1.85. The van der Waals surface area contributed by atoms with Crippen LogP contribution in [0, 0.1) is 5.95 Å². The predicted octanol–water partition coefficient (Wildman–Crippen LogP) is 2.68. The van der Waals surface area contributed by atoms with Crippen LogP contribution in [0.4, 0.5) is 13.2 Å². The Morgan fingerprint density at radius 3 is 2.56 bits per heavy atom. The van der Waals surface area contributed by atoms with Crippen LogP contribution in [0.15, 0.2) is 6.07 Å². The molecule has 0 amide bonds. The van der Waals surface area contributed by atoms with E-state index in [9.17, 15) is 18.0 Å². The Morgan fingerprint density at radius 1 is 1.50 bits per heavy atom. The van der Waals surface area contributed by atoms with Crippen molar-refractivity contribution in [1.29, 1.82) is 0 Å². The average molecular weight is 298 g/mol. The molecule has 0 aromatic carbocycles. The molecular weight excluding hydrogens is 291 g/mol. The van der Waals surface area contributed by atoms with Crippen LogP contribution in [-0.4, -0.2) is 16.1 Å². The molecule has 0 bridgehead atoms. The molecule has 1 rings (SSSR count). The lowest BCUT2D eigenvalue weighted by atomic mass is 10.1. The van der Waals surface area contributed by atoms with Crippen LogP contribution in [-0.2, 0) is 16.5 Å². The summed E-state index contributed by atoms with van der Waals surface area (Å²) in [6.07, 6.45) is -3.60. The zero-order valence-corrected chi connectivity index (χ0v) is 9.47. The van der Waals surface area contributed by atoms with Crippen molar-refractivity contribution in [1.82, 2.24) is 4.98 Å². The minimum Gasteiger partial charge on any atom is -0.481 e. The summed E-state index contributed by atoms with van der Waals surface area (Å²) in [7, 11) is 0. The van der Waals surface area contributed by atoms with Crippen LogP contribution in [0.3, 0.4) is 0 Å². The van der Waals surface area contributed by atoms with E-state index in [4.69, 9.17) is 5.11 Å². The first-order chi connectivity index (χ1) is 7.45. The Labute approximate surface area is 97.4 Å². The molecule has 1 N–H and O–H groups in total. The molecule has 88 valence electrons. The quantitative estimate of drug-likeness (QED) is 0.687. The molecule has 0 aliphatic rings. The first-order valence-corrected chi connectivity index (χ1v) is 5.32. The van der Waals surface area contributed by atoms with Crippen LogP contribution in [0.25, 0.3) is 0 Å². The second-order valence-corrected chi connectivity index (χ2v) is 3.55. The molecule has 0 atom stereocenters. The van der Waals surface area contributed by atoms with E-state index in [1.165, 1.54) is 0 Å². The highest BCUT2D eigenvalue weighted by Gasteiger charge is 2.20. The molecule has 3 nitrogen and oxygen atoms in total. The zero-order valence-electron chi connectivity index (χ0n) is 7.88. The van der Waals surface area contributed by atoms with Crippen LogP contribution < -0.4 is 0 Å². The lowest BCUT2D eigenvalue weighted by Crippen LogP contribution is -2.09. The van der Waals surface area contributed by atoms with Gasteiger partial charge in [0.2, 0.25) is 5.95 Å². The normalized spacial score (nSPS) is 10.8. The molecule has 0 aliphatic carbocycles. The van der Waals surface area contributed by atoms with Gasteiger partial charge < -0.3 is 5.11 Å². The number of alkyl halides is 3. The number of aromatic nitrogens is 1. The minimum absolute atomic E-state index is 0.0562. The van der Waals surface area contributed by atoms with E-state index in [-0.39, 0.29) is 16.5 Å². The van der Waals surface area contributed by atoms with Gasteiger partial charge in [-0.1, -0.05) is 15.9 Å². The van der Waals surface area contributed by atoms with E-state index >= 15 is 0 Å². The number of nitrogens with zero attached hydrogens (tertiary/aromatic N) is 1. The second kappa shape index (κ2) is 5.29. The van der Waals surface area contributed by atoms with E-state index < -0.39 is 30.5 Å². The van der Waals surface area contributed by atoms with Gasteiger partial charge in [0.1, 0.15) is 5.69 Å². The summed E-state index contributed by atoms with van der Waals surface area (Å²) in [6.45, 7) is 0. The molecule has 1 heterocycles. The van der Waals surface area contributed by atoms with Gasteiger partial charge in [0.05, 0.1) is 6.42 Å². The van der Waals surface area contributed by atoms with Gasteiger partial charge in [-0.25, -0.2) is 13.8 Å². The topological polar surface area (TPSA) is 50.2 Å². The summed E-state index contributed by atoms with van der Waals surface area (Å²) in [5, 5.41) is 8.61. The van der Waals surface area contributed by atoms with Crippen LogP contribution in [0.5, 0.6) is 0 Å². The molecule has 16 heavy (non-hydrogen) atoms. The van der Waals surface area contributed by atoms with E-state index in [1.807, 2.05) is 0 Å². The average Bonchev–Trinajstić information content (AvgIpc) is 2.19. The summed E-state index contributed by atoms with van der Waals surface area (Å²) >= 11 is 2.96. The molecule has 0 radical (unpaired) electrons. The van der Waals surface area contributed by atoms with Gasteiger partial charge in [-0.05, 0) is 11.6 Å². The Bertz CT molecular complexity index is 412. The Balaban J connectivity index is 3.24. The van der Waals surface area contributed by atoms with Crippen molar-refractivity contribution in [3.8, 4) is 0 Å². The van der Waals surface area contributed by atoms with Crippen molar-refractivity contribution in [3.05, 3.63) is 28.8 Å². The van der Waals surface area contributed by atoms with E-state index in [0.29, 0.717) is 0 Å². The summed E-state index contributed by atoms with van der Waals surface area (Å²) in [6, 6.07) is 1.09. The molecule has 0 spiro atoms. The molecule has 0 unspecified atom stereocenters. The fourth-order valence-corrected chi connectivity index (χ4v) is 1.57. The lowest BCUT2D eigenvalue weighted by molar-refractivity contribution is -0.136. The van der Waals surface area contributed by atoms with E-state index in [0.717, 1.165) is 6.07 Å². The highest BCUT2D eigenvalue weighted by Crippen LogP contribution is 2.24. The van der Waals surface area contributed by atoms with Crippen molar-refractivity contribution in [2.24, 2.45) is 0 Å². The number of carboxylic acids is 1. The van der Waals surface area contributed by atoms with E-state index in [2.05, 4.69) is 20.9 Å². The van der Waals surface area contributed by atoms with Crippen molar-refractivity contribution in [3.63, 3.8) is 0 Å². The summed E-state index contributed by atoms with van der Waals surface area (Å²) in [5.41, 5.74) is -0.927. The molecule has 0 fully saturated rings. The number of carboxylic acid groups (broad SMARTS) is 1. The first kappa shape index (κ1) is 13.0. The second-order valence-electron chi connectivity index (χ2n) is 2.99. The summed E-state index contributed by atoms with van der Waals surface area (Å²) in [4.78, 5) is 13.5. The van der Waals surface area contributed by atoms with Gasteiger partial charge >= 0.3 is 5.97 Å². The summed E-state index contributed by atoms with van der Waals surface area (Å²) in [5.74, 6) is -2.28. The van der Waals surface area contributed by atoms with Gasteiger partial charge in [-0.15, -0.1) is 0 Å². The molecule has 0 saturated heterocycles. The van der Waals surface area contributed by atoms with Gasteiger partial charge in [0, 0.05) is 10.9 Å². The summed E-state index contributed by atoms with van der Waals surface area (Å²) < 4.78 is 38.0. The fourth-order valence-electron chi connectivity index (χ4n) is 1.18. The highest BCUT2D eigenvalue weighted by atomic mass is 79.9. The Hall–Kier alpha value is -1.11. The predicted molar refractivity (Wildman–Crippen MR) is 53.1 cm³/mol. The Morgan fingerprint density at radius 2 is 2.12 bits per heavy atom. The third-order valence-corrected chi connectivity index (χ3v) is 2.46. The maximum absolute atomic E-state index is 13.1. The molecule has 1 aromatic heterocycles. The first-order valence-electron chi connectivity index (χ1n) is 4.19. The molecule has 0 aliphatic heterocycles. The molecular formula is C9H7BrF3NO2. The van der Waals surface area contributed by atoms with Crippen molar-refractivity contribution >= 4 is 21.9 Å². The van der Waals surface area contributed by atoms with E-state index in [1.54, 1.807) is 0 Å². The SMILES string of the molecule is O=C(O)Cc1cc(CBr)c(F)nc1C(F)F. The van der Waals surface area contributed by atoms with Crippen LogP contribution >= 0.6 is 15.9 Å². The van der Waals surface area contributed by atoms with Crippen molar-refractivity contribution in [2.75, 3.05) is 0 Å². The third kappa shape index (κ3) is 2.94. The minimum atomic E-state index is -2.99. The zero-order chi connectivity index (χ0) is 12.3. The van der Waals surface area contributed by atoms with Crippen LogP contribution in [0.2, 0.25) is 0 Å². The number of pyridine rings is 1. The standard InChI is InChI=1S/C9H7BrF3NO2/c10-3-5-1-4(2-6(15)16)7(8(11)12)14-9(5)13/h1,8H,2-3H2,(H,15,16). The Kier molecular flexibility index (Phi) is 4.28. The number of carbonyl (C=O) groups is 1. The highest BCUT2D eigenvalue weighted by molar-refractivity contribution is 9.08. The van der Waals surface area contributed by atoms with Gasteiger partial charge in [-0.2, -0.15) is 4.39 Å². The van der Waals surface area contributed by atoms with Crippen molar-refractivity contribution < 1.29 is 23.1 Å².